The Hall–Kier alpha value is -0.400. The molecule has 2 aliphatic rings. The van der Waals surface area contributed by atoms with Crippen LogP contribution in [-0.2, 0) is 14.2 Å². The summed E-state index contributed by atoms with van der Waals surface area (Å²) >= 11 is 0. The topological polar surface area (TPSA) is 169 Å². The molecule has 10 nitrogen and oxygen atoms in total. The fourth-order valence-electron chi connectivity index (χ4n) is 2.35. The van der Waals surface area contributed by atoms with Gasteiger partial charge in [0, 0.05) is 0 Å². The number of hydrogen-bond donors (Lipinski definition) is 7. The van der Waals surface area contributed by atoms with Crippen molar-refractivity contribution >= 4 is 0 Å². The van der Waals surface area contributed by atoms with Crippen molar-refractivity contribution in [2.24, 2.45) is 0 Å². The van der Waals surface area contributed by atoms with E-state index in [9.17, 15) is 30.6 Å². The second kappa shape index (κ2) is 6.38. The summed E-state index contributed by atoms with van der Waals surface area (Å²) in [4.78, 5) is 0. The van der Waals surface area contributed by atoms with Gasteiger partial charge in [0.2, 0.25) is 5.79 Å². The predicted molar refractivity (Wildman–Crippen MR) is 62.6 cm³/mol. The van der Waals surface area contributed by atoms with E-state index in [1.165, 1.54) is 0 Å². The van der Waals surface area contributed by atoms with E-state index in [0.29, 0.717) is 0 Å². The van der Waals surface area contributed by atoms with Crippen LogP contribution in [0.5, 0.6) is 0 Å². The number of aliphatic hydroxyl groups excluding tert-OH is 7. The van der Waals surface area contributed by atoms with Crippen molar-refractivity contribution in [3.63, 3.8) is 0 Å². The molecule has 0 radical (unpaired) electrons. The van der Waals surface area contributed by atoms with Crippen LogP contribution < -0.4 is 0 Å². The zero-order valence-corrected chi connectivity index (χ0v) is 11.0. The molecule has 2 heterocycles. The average molecular weight is 312 g/mol. The fourth-order valence-corrected chi connectivity index (χ4v) is 2.35. The maximum Gasteiger partial charge on any atom is 0.224 e. The van der Waals surface area contributed by atoms with E-state index in [4.69, 9.17) is 19.3 Å². The maximum atomic E-state index is 9.92. The van der Waals surface area contributed by atoms with Crippen molar-refractivity contribution in [3.05, 3.63) is 0 Å². The lowest BCUT2D eigenvalue weighted by atomic mass is 10.0. The van der Waals surface area contributed by atoms with Crippen LogP contribution in [0.2, 0.25) is 0 Å². The summed E-state index contributed by atoms with van der Waals surface area (Å²) in [6.45, 7) is -1.86. The Morgan fingerprint density at radius 1 is 1.00 bits per heavy atom. The summed E-state index contributed by atoms with van der Waals surface area (Å²) in [5.41, 5.74) is 0. The van der Waals surface area contributed by atoms with E-state index in [0.717, 1.165) is 0 Å². The van der Waals surface area contributed by atoms with Gasteiger partial charge >= 0.3 is 0 Å². The Morgan fingerprint density at radius 2 is 1.67 bits per heavy atom. The Kier molecular flexibility index (Phi) is 5.15. The minimum Gasteiger partial charge on any atom is -0.394 e. The largest absolute Gasteiger partial charge is 0.394 e. The molecule has 21 heavy (non-hydrogen) atoms. The highest BCUT2D eigenvalue weighted by atomic mass is 16.8. The van der Waals surface area contributed by atoms with Crippen LogP contribution in [0.25, 0.3) is 0 Å². The van der Waals surface area contributed by atoms with Gasteiger partial charge < -0.3 is 50.0 Å². The molecule has 0 saturated carbocycles. The van der Waals surface area contributed by atoms with Crippen LogP contribution in [0.15, 0.2) is 0 Å². The Balaban J connectivity index is 2.12. The second-order valence-electron chi connectivity index (χ2n) is 5.11. The van der Waals surface area contributed by atoms with E-state index in [2.05, 4.69) is 0 Å². The van der Waals surface area contributed by atoms with Crippen LogP contribution in [0.4, 0.5) is 0 Å². The summed E-state index contributed by atoms with van der Waals surface area (Å²) in [7, 11) is 0. The molecule has 8 atom stereocenters. The lowest BCUT2D eigenvalue weighted by Crippen LogP contribution is -2.59. The molecule has 7 N–H and O–H groups in total. The summed E-state index contributed by atoms with van der Waals surface area (Å²) < 4.78 is 15.3. The molecule has 2 rings (SSSR count). The number of ether oxygens (including phenoxy) is 3. The van der Waals surface area contributed by atoms with Crippen LogP contribution >= 0.6 is 0 Å². The van der Waals surface area contributed by atoms with Crippen molar-refractivity contribution in [1.82, 2.24) is 0 Å². The first-order valence-electron chi connectivity index (χ1n) is 6.45. The third-order valence-electron chi connectivity index (χ3n) is 3.68. The maximum absolute atomic E-state index is 9.92. The van der Waals surface area contributed by atoms with Gasteiger partial charge in [-0.2, -0.15) is 0 Å². The Morgan fingerprint density at radius 3 is 2.19 bits per heavy atom. The molecule has 0 aromatic rings. The molecule has 0 aromatic carbocycles. The zero-order chi connectivity index (χ0) is 15.8. The van der Waals surface area contributed by atoms with Gasteiger partial charge in [-0.1, -0.05) is 0 Å². The minimum absolute atomic E-state index is 0.341. The van der Waals surface area contributed by atoms with Crippen LogP contribution in [0, 0.1) is 0 Å². The zero-order valence-electron chi connectivity index (χ0n) is 11.0. The van der Waals surface area contributed by atoms with E-state index >= 15 is 0 Å². The van der Waals surface area contributed by atoms with Crippen molar-refractivity contribution in [2.45, 2.75) is 48.7 Å². The highest BCUT2D eigenvalue weighted by Crippen LogP contribution is 2.35. The quantitative estimate of drug-likeness (QED) is 0.267. The van der Waals surface area contributed by atoms with Crippen molar-refractivity contribution in [3.8, 4) is 0 Å². The lowest BCUT2D eigenvalue weighted by molar-refractivity contribution is -0.370. The van der Waals surface area contributed by atoms with Gasteiger partial charge in [-0.05, 0) is 0 Å². The molecule has 2 fully saturated rings. The number of aliphatic hydroxyl groups is 7. The van der Waals surface area contributed by atoms with Crippen LogP contribution in [-0.4, -0.2) is 104 Å². The smallest absolute Gasteiger partial charge is 0.224 e. The highest BCUT2D eigenvalue weighted by Gasteiger charge is 2.57. The third kappa shape index (κ3) is 2.92. The molecule has 0 bridgehead atoms. The molecule has 2 aliphatic heterocycles. The second-order valence-corrected chi connectivity index (χ2v) is 5.11. The molecule has 0 amide bonds. The van der Waals surface area contributed by atoms with Crippen LogP contribution in [0.3, 0.4) is 0 Å². The van der Waals surface area contributed by atoms with Crippen LogP contribution in [0.1, 0.15) is 0 Å². The van der Waals surface area contributed by atoms with Gasteiger partial charge in [-0.15, -0.1) is 0 Å². The number of hydrogen-bond acceptors (Lipinski definition) is 10. The van der Waals surface area contributed by atoms with E-state index in [-0.39, 0.29) is 6.61 Å². The average Bonchev–Trinajstić information content (AvgIpc) is 2.73. The standard InChI is InChI=1S/C11H20O10/c12-1-5-7(16)9(18)11(3-13,20-5)21-10-8(17)6(15)4(14)2-19-10/h4-10,12-18H,1-3H2/t4-,5+,6+,7?,8?,9-,10-,11+/m1/s1. The van der Waals surface area contributed by atoms with E-state index in [1.807, 2.05) is 0 Å². The highest BCUT2D eigenvalue weighted by molar-refractivity contribution is 4.97. The molecule has 2 saturated heterocycles. The number of rotatable bonds is 4. The molecule has 0 spiro atoms. The predicted octanol–water partition coefficient (Wildman–Crippen LogP) is -4.76. The molecule has 0 aliphatic carbocycles. The van der Waals surface area contributed by atoms with E-state index < -0.39 is 61.9 Å². The van der Waals surface area contributed by atoms with Gasteiger partial charge in [-0.3, -0.25) is 0 Å². The molecule has 10 heteroatoms. The van der Waals surface area contributed by atoms with Gasteiger partial charge in [0.25, 0.3) is 0 Å². The third-order valence-corrected chi connectivity index (χ3v) is 3.68. The summed E-state index contributed by atoms with van der Waals surface area (Å²) in [5.74, 6) is -2.12. The molecular weight excluding hydrogens is 292 g/mol. The summed E-state index contributed by atoms with van der Waals surface area (Å²) in [6, 6.07) is 0. The molecule has 2 unspecified atom stereocenters. The first-order chi connectivity index (χ1) is 9.86. The van der Waals surface area contributed by atoms with Crippen molar-refractivity contribution in [2.75, 3.05) is 19.8 Å². The lowest BCUT2D eigenvalue weighted by Gasteiger charge is -2.40. The van der Waals surface area contributed by atoms with Crippen molar-refractivity contribution < 1.29 is 50.0 Å². The summed E-state index contributed by atoms with van der Waals surface area (Å²) in [6.07, 6.45) is -10.4. The first-order valence-corrected chi connectivity index (χ1v) is 6.45. The normalized spacial score (nSPS) is 51.3. The van der Waals surface area contributed by atoms with Gasteiger partial charge in [0.05, 0.1) is 13.2 Å². The van der Waals surface area contributed by atoms with E-state index in [1.54, 1.807) is 0 Å². The van der Waals surface area contributed by atoms with Gasteiger partial charge in [0.1, 0.15) is 43.2 Å². The Bertz CT molecular complexity index is 354. The SMILES string of the molecule is OC[C@@H]1O[C@@](CO)(O[C@H]2OC[C@@H](O)[C@H](O)C2O)[C@H](O)C1O. The minimum atomic E-state index is -2.12. The molecule has 0 aromatic heterocycles. The van der Waals surface area contributed by atoms with Gasteiger partial charge in [0.15, 0.2) is 6.29 Å². The Labute approximate surface area is 119 Å². The molecular formula is C11H20O10. The molecule has 124 valence electrons. The van der Waals surface area contributed by atoms with Gasteiger partial charge in [-0.25, -0.2) is 0 Å². The van der Waals surface area contributed by atoms with Crippen molar-refractivity contribution in [1.29, 1.82) is 0 Å². The fraction of sp³-hybridized carbons (Fsp3) is 1.00. The first kappa shape index (κ1) is 17.0. The summed E-state index contributed by atoms with van der Waals surface area (Å²) in [5, 5.41) is 66.7. The monoisotopic (exact) mass is 312 g/mol.